The molecule has 0 saturated carbocycles. The molecule has 2 aromatic rings. The number of thiophene rings is 1. The van der Waals surface area contributed by atoms with E-state index in [-0.39, 0.29) is 10.8 Å². The monoisotopic (exact) mass is 398 g/mol. The van der Waals surface area contributed by atoms with E-state index in [2.05, 4.69) is 12.2 Å². The summed E-state index contributed by atoms with van der Waals surface area (Å²) in [5, 5.41) is 4.78. The molecule has 0 bridgehead atoms. The van der Waals surface area contributed by atoms with Gasteiger partial charge in [0, 0.05) is 29.2 Å². The van der Waals surface area contributed by atoms with E-state index in [1.54, 1.807) is 24.3 Å². The second kappa shape index (κ2) is 7.45. The number of benzene rings is 1. The Morgan fingerprint density at radius 2 is 2.16 bits per heavy atom. The predicted molar refractivity (Wildman–Crippen MR) is 101 cm³/mol. The number of nitrogens with zero attached hydrogens (tertiary/aromatic N) is 1. The zero-order valence-corrected chi connectivity index (χ0v) is 16.1. The van der Waals surface area contributed by atoms with Gasteiger partial charge >= 0.3 is 0 Å². The molecule has 5 nitrogen and oxygen atoms in total. The minimum atomic E-state index is -3.54. The first-order chi connectivity index (χ1) is 11.9. The van der Waals surface area contributed by atoms with Gasteiger partial charge < -0.3 is 5.32 Å². The molecule has 1 N–H and O–H groups in total. The fraction of sp³-hybridized carbons (Fsp3) is 0.353. The number of carbonyl (C=O) groups excluding carboxylic acids is 1. The van der Waals surface area contributed by atoms with Crippen molar-refractivity contribution in [3.8, 4) is 0 Å². The highest BCUT2D eigenvalue weighted by Crippen LogP contribution is 2.27. The Morgan fingerprint density at radius 3 is 2.88 bits per heavy atom. The minimum Gasteiger partial charge on any atom is -0.321 e. The number of amides is 1. The molecule has 0 aliphatic carbocycles. The predicted octanol–water partition coefficient (Wildman–Crippen LogP) is 4.07. The maximum atomic E-state index is 12.8. The highest BCUT2D eigenvalue weighted by molar-refractivity contribution is 7.89. The third kappa shape index (κ3) is 4.23. The summed E-state index contributed by atoms with van der Waals surface area (Å²) in [4.78, 5) is 12.9. The van der Waals surface area contributed by atoms with Crippen LogP contribution in [0.25, 0.3) is 0 Å². The molecule has 1 fully saturated rings. The fourth-order valence-corrected chi connectivity index (χ4v) is 5.79. The molecule has 1 aromatic heterocycles. The SMILES string of the molecule is CC1CCCN(S(=O)(=O)c2csc(C(=O)Nc3cccc(Cl)c3)c2)C1. The number of hydrogen-bond acceptors (Lipinski definition) is 4. The first kappa shape index (κ1) is 18.4. The van der Waals surface area contributed by atoms with Crippen LogP contribution in [-0.4, -0.2) is 31.7 Å². The molecule has 134 valence electrons. The van der Waals surface area contributed by atoms with Crippen LogP contribution in [0.3, 0.4) is 0 Å². The molecule has 1 amide bonds. The van der Waals surface area contributed by atoms with Gasteiger partial charge in [0.15, 0.2) is 0 Å². The molecular formula is C17H19ClN2O3S2. The number of nitrogens with one attached hydrogen (secondary N) is 1. The molecular weight excluding hydrogens is 380 g/mol. The van der Waals surface area contributed by atoms with Gasteiger partial charge in [-0.05, 0) is 43.0 Å². The molecule has 0 radical (unpaired) electrons. The number of piperidine rings is 1. The van der Waals surface area contributed by atoms with Gasteiger partial charge in [-0.15, -0.1) is 11.3 Å². The Hall–Kier alpha value is -1.41. The van der Waals surface area contributed by atoms with Crippen LogP contribution in [0.15, 0.2) is 40.6 Å². The summed E-state index contributed by atoms with van der Waals surface area (Å²) in [6.07, 6.45) is 1.91. The van der Waals surface area contributed by atoms with Crippen LogP contribution in [0.1, 0.15) is 29.4 Å². The maximum absolute atomic E-state index is 12.8. The van der Waals surface area contributed by atoms with Crippen molar-refractivity contribution in [2.24, 2.45) is 5.92 Å². The van der Waals surface area contributed by atoms with Crippen LogP contribution >= 0.6 is 22.9 Å². The number of carbonyl (C=O) groups is 1. The molecule has 8 heteroatoms. The fourth-order valence-electron chi connectivity index (χ4n) is 2.85. The average molecular weight is 399 g/mol. The molecule has 2 heterocycles. The molecule has 1 atom stereocenters. The summed E-state index contributed by atoms with van der Waals surface area (Å²) >= 11 is 7.02. The van der Waals surface area contributed by atoms with E-state index in [1.807, 2.05) is 0 Å². The van der Waals surface area contributed by atoms with Crippen molar-refractivity contribution in [2.75, 3.05) is 18.4 Å². The van der Waals surface area contributed by atoms with Crippen LogP contribution in [0.5, 0.6) is 0 Å². The first-order valence-corrected chi connectivity index (χ1v) is 10.7. The van der Waals surface area contributed by atoms with Gasteiger partial charge in [0.05, 0.1) is 9.77 Å². The van der Waals surface area contributed by atoms with Gasteiger partial charge in [0.1, 0.15) is 0 Å². The smallest absolute Gasteiger partial charge is 0.265 e. The molecule has 1 aromatic carbocycles. The summed E-state index contributed by atoms with van der Waals surface area (Å²) in [7, 11) is -3.54. The van der Waals surface area contributed by atoms with Crippen molar-refractivity contribution >= 4 is 44.6 Å². The Labute approximate surface area is 156 Å². The van der Waals surface area contributed by atoms with E-state index in [1.165, 1.54) is 15.8 Å². The van der Waals surface area contributed by atoms with Gasteiger partial charge in [0.2, 0.25) is 10.0 Å². The molecule has 1 aliphatic rings. The van der Waals surface area contributed by atoms with Gasteiger partial charge in [-0.3, -0.25) is 4.79 Å². The molecule has 3 rings (SSSR count). The topological polar surface area (TPSA) is 66.5 Å². The highest BCUT2D eigenvalue weighted by Gasteiger charge is 2.30. The van der Waals surface area contributed by atoms with Gasteiger partial charge in [-0.1, -0.05) is 24.6 Å². The number of rotatable bonds is 4. The summed E-state index contributed by atoms with van der Waals surface area (Å²) < 4.78 is 27.0. The van der Waals surface area contributed by atoms with Crippen LogP contribution in [-0.2, 0) is 10.0 Å². The van der Waals surface area contributed by atoms with E-state index in [4.69, 9.17) is 11.6 Å². The van der Waals surface area contributed by atoms with Gasteiger partial charge in [-0.2, -0.15) is 4.31 Å². The van der Waals surface area contributed by atoms with Crippen molar-refractivity contribution in [1.82, 2.24) is 4.31 Å². The number of sulfonamides is 1. The van der Waals surface area contributed by atoms with Crippen LogP contribution in [0.4, 0.5) is 5.69 Å². The van der Waals surface area contributed by atoms with Crippen molar-refractivity contribution in [1.29, 1.82) is 0 Å². The number of hydrogen-bond donors (Lipinski definition) is 1. The second-order valence-electron chi connectivity index (χ2n) is 6.22. The zero-order chi connectivity index (χ0) is 18.0. The lowest BCUT2D eigenvalue weighted by molar-refractivity contribution is 0.103. The lowest BCUT2D eigenvalue weighted by Gasteiger charge is -2.29. The second-order valence-corrected chi connectivity index (χ2v) is 9.51. The third-order valence-corrected chi connectivity index (χ3v) is 7.30. The van der Waals surface area contributed by atoms with Crippen molar-refractivity contribution in [3.05, 3.63) is 45.6 Å². The molecule has 0 spiro atoms. The largest absolute Gasteiger partial charge is 0.321 e. The summed E-state index contributed by atoms with van der Waals surface area (Å²) in [5.41, 5.74) is 0.570. The first-order valence-electron chi connectivity index (χ1n) is 8.02. The summed E-state index contributed by atoms with van der Waals surface area (Å²) in [5.74, 6) is 0.00786. The van der Waals surface area contributed by atoms with E-state index in [0.29, 0.717) is 34.6 Å². The standard InChI is InChI=1S/C17H19ClN2O3S2/c1-12-4-3-7-20(10-12)25(22,23)15-9-16(24-11-15)17(21)19-14-6-2-5-13(18)8-14/h2,5-6,8-9,11-12H,3-4,7,10H2,1H3,(H,19,21). The molecule has 1 aliphatic heterocycles. The average Bonchev–Trinajstić information content (AvgIpc) is 3.06. The van der Waals surface area contributed by atoms with Crippen molar-refractivity contribution < 1.29 is 13.2 Å². The van der Waals surface area contributed by atoms with E-state index in [0.717, 1.165) is 24.2 Å². The maximum Gasteiger partial charge on any atom is 0.265 e. The lowest BCUT2D eigenvalue weighted by atomic mass is 10.0. The Morgan fingerprint density at radius 1 is 1.36 bits per heavy atom. The quantitative estimate of drug-likeness (QED) is 0.843. The Balaban J connectivity index is 1.76. The zero-order valence-electron chi connectivity index (χ0n) is 13.7. The van der Waals surface area contributed by atoms with Crippen LogP contribution < -0.4 is 5.32 Å². The van der Waals surface area contributed by atoms with E-state index in [9.17, 15) is 13.2 Å². The normalized spacial score (nSPS) is 18.9. The van der Waals surface area contributed by atoms with Gasteiger partial charge in [-0.25, -0.2) is 8.42 Å². The third-order valence-electron chi connectivity index (χ3n) is 4.14. The molecule has 25 heavy (non-hydrogen) atoms. The molecule has 1 saturated heterocycles. The van der Waals surface area contributed by atoms with Crippen LogP contribution in [0.2, 0.25) is 5.02 Å². The number of halogens is 1. The van der Waals surface area contributed by atoms with Crippen LogP contribution in [0, 0.1) is 5.92 Å². The number of anilines is 1. The summed E-state index contributed by atoms with van der Waals surface area (Å²) in [6.45, 7) is 3.12. The molecule has 1 unspecified atom stereocenters. The lowest BCUT2D eigenvalue weighted by Crippen LogP contribution is -2.38. The highest BCUT2D eigenvalue weighted by atomic mass is 35.5. The van der Waals surface area contributed by atoms with Crippen molar-refractivity contribution in [3.63, 3.8) is 0 Å². The van der Waals surface area contributed by atoms with Gasteiger partial charge in [0.25, 0.3) is 5.91 Å². The minimum absolute atomic E-state index is 0.183. The Bertz CT molecular complexity index is 880. The Kier molecular flexibility index (Phi) is 5.48. The van der Waals surface area contributed by atoms with E-state index >= 15 is 0 Å². The van der Waals surface area contributed by atoms with Crippen molar-refractivity contribution in [2.45, 2.75) is 24.7 Å². The van der Waals surface area contributed by atoms with E-state index < -0.39 is 10.0 Å². The summed E-state index contributed by atoms with van der Waals surface area (Å²) in [6, 6.07) is 8.26.